The van der Waals surface area contributed by atoms with Gasteiger partial charge in [-0.2, -0.15) is 0 Å². The van der Waals surface area contributed by atoms with E-state index in [0.29, 0.717) is 15.7 Å². The van der Waals surface area contributed by atoms with E-state index >= 15 is 0 Å². The Labute approximate surface area is 130 Å². The van der Waals surface area contributed by atoms with Gasteiger partial charge in [0.25, 0.3) is 0 Å². The predicted molar refractivity (Wildman–Crippen MR) is 84.2 cm³/mol. The number of aromatic carboxylic acids is 1. The number of nitrogens with one attached hydrogen (secondary N) is 1. The largest absolute Gasteiger partial charge is 0.478 e. The van der Waals surface area contributed by atoms with E-state index < -0.39 is 5.97 Å². The summed E-state index contributed by atoms with van der Waals surface area (Å²) in [6.45, 7) is 1.90. The molecule has 4 nitrogen and oxygen atoms in total. The lowest BCUT2D eigenvalue weighted by molar-refractivity contribution is 0.0698. The summed E-state index contributed by atoms with van der Waals surface area (Å²) < 4.78 is 0.676. The lowest BCUT2D eigenvalue weighted by atomic mass is 10.1. The predicted octanol–water partition coefficient (Wildman–Crippen LogP) is 4.51. The zero-order valence-electron chi connectivity index (χ0n) is 10.5. The molecule has 0 aliphatic rings. The summed E-state index contributed by atoms with van der Waals surface area (Å²) in [7, 11) is 0. The first-order valence-electron chi connectivity index (χ1n) is 5.72. The number of benzene rings is 1. The van der Waals surface area contributed by atoms with Gasteiger partial charge in [-0.25, -0.2) is 4.79 Å². The van der Waals surface area contributed by atoms with Crippen LogP contribution in [0.25, 0.3) is 0 Å². The fourth-order valence-corrected chi connectivity index (χ4v) is 3.14. The molecular formula is C13H12Cl2N2O2S. The molecule has 0 aliphatic carbocycles. The van der Waals surface area contributed by atoms with Crippen molar-refractivity contribution in [3.63, 3.8) is 0 Å². The molecular weight excluding hydrogens is 319 g/mol. The van der Waals surface area contributed by atoms with E-state index in [0.717, 1.165) is 4.88 Å². The van der Waals surface area contributed by atoms with Gasteiger partial charge in [0.2, 0.25) is 0 Å². The lowest BCUT2D eigenvalue weighted by Gasteiger charge is -2.17. The van der Waals surface area contributed by atoms with Crippen molar-refractivity contribution in [3.05, 3.63) is 44.1 Å². The highest BCUT2D eigenvalue weighted by atomic mass is 35.5. The second-order valence-electron chi connectivity index (χ2n) is 4.24. The summed E-state index contributed by atoms with van der Waals surface area (Å²) in [5, 5.41) is 12.6. The van der Waals surface area contributed by atoms with Crippen molar-refractivity contribution in [2.24, 2.45) is 0 Å². The zero-order chi connectivity index (χ0) is 14.9. The number of carbonyl (C=O) groups is 1. The first-order valence-corrected chi connectivity index (χ1v) is 7.30. The van der Waals surface area contributed by atoms with Gasteiger partial charge in [0.15, 0.2) is 0 Å². The Hall–Kier alpha value is -1.43. The van der Waals surface area contributed by atoms with E-state index in [-0.39, 0.29) is 16.6 Å². The van der Waals surface area contributed by atoms with Crippen LogP contribution in [0.2, 0.25) is 9.36 Å². The number of anilines is 2. The number of nitrogen functional groups attached to an aromatic ring is 1. The van der Waals surface area contributed by atoms with Gasteiger partial charge in [-0.05, 0) is 31.2 Å². The van der Waals surface area contributed by atoms with E-state index in [1.807, 2.05) is 13.0 Å². The highest BCUT2D eigenvalue weighted by molar-refractivity contribution is 7.16. The van der Waals surface area contributed by atoms with Crippen molar-refractivity contribution in [3.8, 4) is 0 Å². The maximum atomic E-state index is 11.3. The Morgan fingerprint density at radius 3 is 2.65 bits per heavy atom. The normalized spacial score (nSPS) is 12.2. The fraction of sp³-hybridized carbons (Fsp3) is 0.154. The second kappa shape index (κ2) is 5.91. The Kier molecular flexibility index (Phi) is 4.42. The van der Waals surface area contributed by atoms with Gasteiger partial charge in [-0.15, -0.1) is 11.3 Å². The number of hydrogen-bond acceptors (Lipinski definition) is 4. The summed E-state index contributed by atoms with van der Waals surface area (Å²) in [6.07, 6.45) is 0. The van der Waals surface area contributed by atoms with Crippen LogP contribution in [0.4, 0.5) is 11.4 Å². The standard InChI is InChI=1S/C13H12Cl2N2O2S/c1-6(10-2-3-11(15)20-10)17-12-8(13(18)19)4-7(16)5-9(12)14/h2-6,17H,16H2,1H3,(H,18,19). The summed E-state index contributed by atoms with van der Waals surface area (Å²) in [6, 6.07) is 6.46. The summed E-state index contributed by atoms with van der Waals surface area (Å²) in [5.41, 5.74) is 6.33. The van der Waals surface area contributed by atoms with Crippen molar-refractivity contribution >= 4 is 51.9 Å². The molecule has 2 rings (SSSR count). The van der Waals surface area contributed by atoms with Crippen molar-refractivity contribution in [1.82, 2.24) is 0 Å². The van der Waals surface area contributed by atoms with Crippen LogP contribution in [-0.4, -0.2) is 11.1 Å². The molecule has 0 saturated heterocycles. The molecule has 1 unspecified atom stereocenters. The zero-order valence-corrected chi connectivity index (χ0v) is 12.8. The van der Waals surface area contributed by atoms with Crippen LogP contribution in [0.3, 0.4) is 0 Å². The van der Waals surface area contributed by atoms with Gasteiger partial charge in [-0.3, -0.25) is 0 Å². The van der Waals surface area contributed by atoms with E-state index in [1.54, 1.807) is 6.07 Å². The Morgan fingerprint density at radius 1 is 1.40 bits per heavy atom. The third-order valence-corrected chi connectivity index (χ3v) is 4.44. The molecule has 1 aromatic carbocycles. The van der Waals surface area contributed by atoms with E-state index in [2.05, 4.69) is 5.32 Å². The van der Waals surface area contributed by atoms with Crippen LogP contribution in [0.1, 0.15) is 28.2 Å². The summed E-state index contributed by atoms with van der Waals surface area (Å²) in [4.78, 5) is 12.3. The number of carboxylic acid groups (broad SMARTS) is 1. The van der Waals surface area contributed by atoms with Gasteiger partial charge < -0.3 is 16.2 Å². The van der Waals surface area contributed by atoms with E-state index in [4.69, 9.17) is 28.9 Å². The second-order valence-corrected chi connectivity index (χ2v) is 6.39. The van der Waals surface area contributed by atoms with Crippen LogP contribution in [0, 0.1) is 0 Å². The van der Waals surface area contributed by atoms with E-state index in [9.17, 15) is 9.90 Å². The molecule has 0 bridgehead atoms. The number of carboxylic acids is 1. The minimum absolute atomic E-state index is 0.0458. The third kappa shape index (κ3) is 3.17. The Morgan fingerprint density at radius 2 is 2.10 bits per heavy atom. The number of halogens is 2. The molecule has 1 atom stereocenters. The van der Waals surface area contributed by atoms with Crippen LogP contribution >= 0.6 is 34.5 Å². The molecule has 0 spiro atoms. The average molecular weight is 331 g/mol. The molecule has 7 heteroatoms. The quantitative estimate of drug-likeness (QED) is 0.721. The van der Waals surface area contributed by atoms with Gasteiger partial charge in [-0.1, -0.05) is 23.2 Å². The molecule has 2 aromatic rings. The molecule has 1 aromatic heterocycles. The minimum Gasteiger partial charge on any atom is -0.478 e. The molecule has 106 valence electrons. The smallest absolute Gasteiger partial charge is 0.337 e. The SMILES string of the molecule is CC(Nc1c(Cl)cc(N)cc1C(=O)O)c1ccc(Cl)s1. The first-order chi connectivity index (χ1) is 9.38. The molecule has 20 heavy (non-hydrogen) atoms. The number of rotatable bonds is 4. The molecule has 0 amide bonds. The maximum absolute atomic E-state index is 11.3. The van der Waals surface area contributed by atoms with Crippen molar-refractivity contribution in [2.75, 3.05) is 11.1 Å². The number of hydrogen-bond donors (Lipinski definition) is 3. The highest BCUT2D eigenvalue weighted by Crippen LogP contribution is 2.34. The first kappa shape index (κ1) is 15.0. The molecule has 1 heterocycles. The molecule has 0 aliphatic heterocycles. The van der Waals surface area contributed by atoms with Crippen LogP contribution in [0.15, 0.2) is 24.3 Å². The van der Waals surface area contributed by atoms with Crippen molar-refractivity contribution in [2.45, 2.75) is 13.0 Å². The average Bonchev–Trinajstić information content (AvgIpc) is 2.78. The van der Waals surface area contributed by atoms with Crippen LogP contribution < -0.4 is 11.1 Å². The van der Waals surface area contributed by atoms with Crippen molar-refractivity contribution < 1.29 is 9.90 Å². The molecule has 0 saturated carbocycles. The lowest BCUT2D eigenvalue weighted by Crippen LogP contribution is -2.11. The molecule has 0 radical (unpaired) electrons. The minimum atomic E-state index is -1.09. The van der Waals surface area contributed by atoms with Gasteiger partial charge in [0.05, 0.1) is 26.7 Å². The summed E-state index contributed by atoms with van der Waals surface area (Å²) in [5.74, 6) is -1.09. The van der Waals surface area contributed by atoms with Crippen LogP contribution in [0.5, 0.6) is 0 Å². The molecule has 4 N–H and O–H groups in total. The number of nitrogens with two attached hydrogens (primary N) is 1. The van der Waals surface area contributed by atoms with Crippen molar-refractivity contribution in [1.29, 1.82) is 0 Å². The van der Waals surface area contributed by atoms with Crippen LogP contribution in [-0.2, 0) is 0 Å². The Bertz CT molecular complexity index is 658. The fourth-order valence-electron chi connectivity index (χ4n) is 1.79. The maximum Gasteiger partial charge on any atom is 0.337 e. The topological polar surface area (TPSA) is 75.3 Å². The van der Waals surface area contributed by atoms with Gasteiger partial charge in [0, 0.05) is 10.6 Å². The summed E-state index contributed by atoms with van der Waals surface area (Å²) >= 11 is 13.4. The van der Waals surface area contributed by atoms with Gasteiger partial charge >= 0.3 is 5.97 Å². The third-order valence-electron chi connectivity index (χ3n) is 2.72. The monoisotopic (exact) mass is 330 g/mol. The van der Waals surface area contributed by atoms with E-state index in [1.165, 1.54) is 23.5 Å². The molecule has 0 fully saturated rings. The number of thiophene rings is 1. The Balaban J connectivity index is 2.35. The van der Waals surface area contributed by atoms with Gasteiger partial charge in [0.1, 0.15) is 0 Å². The highest BCUT2D eigenvalue weighted by Gasteiger charge is 2.18.